The van der Waals surface area contributed by atoms with Crippen LogP contribution in [0.1, 0.15) is 12.8 Å². The average molecular weight is 308 g/mol. The minimum Gasteiger partial charge on any atom is -0.323 e. The maximum absolute atomic E-state index is 12.1. The van der Waals surface area contributed by atoms with Gasteiger partial charge in [-0.25, -0.2) is 0 Å². The van der Waals surface area contributed by atoms with Gasteiger partial charge in [0, 0.05) is 10.9 Å². The topological polar surface area (TPSA) is 41.1 Å². The van der Waals surface area contributed by atoms with Gasteiger partial charge in [0.15, 0.2) is 0 Å². The Bertz CT molecular complexity index is 436. The molecule has 98 valence electrons. The molecule has 1 fully saturated rings. The Morgan fingerprint density at radius 3 is 2.28 bits per heavy atom. The Kier molecular flexibility index (Phi) is 4.73. The number of anilines is 1. The molecule has 2 N–H and O–H groups in total. The lowest BCUT2D eigenvalue weighted by molar-refractivity contribution is -0.120. The predicted octanol–water partition coefficient (Wildman–Crippen LogP) is 3.58. The highest BCUT2D eigenvalue weighted by Crippen LogP contribution is 2.34. The highest BCUT2D eigenvalue weighted by atomic mass is 35.5. The second kappa shape index (κ2) is 6.11. The van der Waals surface area contributed by atoms with E-state index in [2.05, 4.69) is 10.6 Å². The summed E-state index contributed by atoms with van der Waals surface area (Å²) in [5.74, 6) is -0.0308. The first-order valence-corrected chi connectivity index (χ1v) is 6.87. The highest BCUT2D eigenvalue weighted by molar-refractivity contribution is 6.42. The van der Waals surface area contributed by atoms with E-state index < -0.39 is 0 Å². The number of nitrogens with one attached hydrogen (secondary N) is 2. The molecular weight excluding hydrogens is 295 g/mol. The monoisotopic (exact) mass is 306 g/mol. The summed E-state index contributed by atoms with van der Waals surface area (Å²) in [7, 11) is 0. The second-order valence-corrected chi connectivity index (χ2v) is 5.51. The van der Waals surface area contributed by atoms with Gasteiger partial charge in [0.2, 0.25) is 5.91 Å². The zero-order valence-corrected chi connectivity index (χ0v) is 11.9. The third-order valence-electron chi connectivity index (χ3n) is 2.97. The van der Waals surface area contributed by atoms with Crippen LogP contribution in [0.15, 0.2) is 12.1 Å². The van der Waals surface area contributed by atoms with Gasteiger partial charge in [0.1, 0.15) is 0 Å². The highest BCUT2D eigenvalue weighted by Gasteiger charge is 2.22. The number of piperidine rings is 1. The van der Waals surface area contributed by atoms with E-state index in [1.165, 1.54) is 0 Å². The van der Waals surface area contributed by atoms with Crippen molar-refractivity contribution in [3.05, 3.63) is 27.2 Å². The van der Waals surface area contributed by atoms with E-state index >= 15 is 0 Å². The zero-order chi connectivity index (χ0) is 13.1. The molecule has 0 atom stereocenters. The van der Waals surface area contributed by atoms with Crippen LogP contribution >= 0.6 is 34.8 Å². The molecule has 0 bridgehead atoms. The molecule has 18 heavy (non-hydrogen) atoms. The Balaban J connectivity index is 2.11. The third-order valence-corrected chi connectivity index (χ3v) is 3.78. The van der Waals surface area contributed by atoms with Crippen LogP contribution in [0.2, 0.25) is 15.1 Å². The van der Waals surface area contributed by atoms with Crippen molar-refractivity contribution >= 4 is 46.4 Å². The van der Waals surface area contributed by atoms with Crippen molar-refractivity contribution in [1.82, 2.24) is 5.32 Å². The number of amides is 1. The van der Waals surface area contributed by atoms with Gasteiger partial charge < -0.3 is 10.6 Å². The summed E-state index contributed by atoms with van der Waals surface area (Å²) in [4.78, 5) is 12.1. The minimum atomic E-state index is -0.0392. The van der Waals surface area contributed by atoms with Crippen LogP contribution < -0.4 is 10.6 Å². The molecule has 1 aliphatic rings. The van der Waals surface area contributed by atoms with Gasteiger partial charge in [-0.05, 0) is 38.1 Å². The number of carbonyl (C=O) groups excluding carboxylic acids is 1. The molecule has 0 aliphatic carbocycles. The smallest absolute Gasteiger partial charge is 0.227 e. The lowest BCUT2D eigenvalue weighted by atomic mass is 9.97. The molecule has 1 aromatic rings. The summed E-state index contributed by atoms with van der Waals surface area (Å²) in [5, 5.41) is 7.16. The molecule has 1 amide bonds. The van der Waals surface area contributed by atoms with Gasteiger partial charge in [0.05, 0.1) is 15.7 Å². The molecule has 1 aliphatic heterocycles. The van der Waals surface area contributed by atoms with E-state index in [-0.39, 0.29) is 11.8 Å². The van der Waals surface area contributed by atoms with Crippen LogP contribution in [0.4, 0.5) is 5.69 Å². The van der Waals surface area contributed by atoms with Crippen molar-refractivity contribution in [3.63, 3.8) is 0 Å². The minimum absolute atomic E-state index is 0.00839. The first kappa shape index (κ1) is 13.9. The number of hydrogen-bond acceptors (Lipinski definition) is 2. The molecular formula is C12H13Cl3N2O. The molecule has 0 aromatic heterocycles. The van der Waals surface area contributed by atoms with Crippen molar-refractivity contribution in [1.29, 1.82) is 0 Å². The van der Waals surface area contributed by atoms with E-state index in [1.54, 1.807) is 12.1 Å². The molecule has 0 radical (unpaired) electrons. The molecule has 0 saturated carbocycles. The van der Waals surface area contributed by atoms with Gasteiger partial charge >= 0.3 is 0 Å². The van der Waals surface area contributed by atoms with Crippen molar-refractivity contribution in [2.24, 2.45) is 5.92 Å². The summed E-state index contributed by atoms with van der Waals surface area (Å²) < 4.78 is 0. The largest absolute Gasteiger partial charge is 0.323 e. The van der Waals surface area contributed by atoms with Gasteiger partial charge in [-0.1, -0.05) is 34.8 Å². The molecule has 1 aromatic carbocycles. The van der Waals surface area contributed by atoms with E-state index in [4.69, 9.17) is 34.8 Å². The number of hydrogen-bond donors (Lipinski definition) is 2. The quantitative estimate of drug-likeness (QED) is 0.877. The zero-order valence-electron chi connectivity index (χ0n) is 9.60. The molecule has 2 rings (SSSR count). The van der Waals surface area contributed by atoms with Crippen LogP contribution in [0.25, 0.3) is 0 Å². The Hall–Kier alpha value is -0.480. The Morgan fingerprint density at radius 1 is 1.17 bits per heavy atom. The lowest BCUT2D eigenvalue weighted by Gasteiger charge is -2.22. The van der Waals surface area contributed by atoms with Crippen LogP contribution in [-0.2, 0) is 4.79 Å². The van der Waals surface area contributed by atoms with E-state index in [1.807, 2.05) is 0 Å². The molecule has 1 heterocycles. The summed E-state index contributed by atoms with van der Waals surface area (Å²) in [6.07, 6.45) is 1.66. The van der Waals surface area contributed by atoms with Gasteiger partial charge in [-0.3, -0.25) is 4.79 Å². The number of carbonyl (C=O) groups is 1. The molecule has 0 unspecified atom stereocenters. The fourth-order valence-electron chi connectivity index (χ4n) is 1.97. The molecule has 6 heteroatoms. The van der Waals surface area contributed by atoms with Crippen LogP contribution in [-0.4, -0.2) is 19.0 Å². The number of benzene rings is 1. The maximum Gasteiger partial charge on any atom is 0.227 e. The molecule has 1 saturated heterocycles. The van der Waals surface area contributed by atoms with Gasteiger partial charge in [0.25, 0.3) is 0 Å². The first-order chi connectivity index (χ1) is 8.58. The normalized spacial score (nSPS) is 16.6. The SMILES string of the molecule is O=C(Nc1c(Cl)cc(Cl)cc1Cl)C1CCNCC1. The Morgan fingerprint density at radius 2 is 1.72 bits per heavy atom. The predicted molar refractivity (Wildman–Crippen MR) is 75.7 cm³/mol. The average Bonchev–Trinajstić information content (AvgIpc) is 2.34. The summed E-state index contributed by atoms with van der Waals surface area (Å²) in [6.45, 7) is 1.72. The van der Waals surface area contributed by atoms with Gasteiger partial charge in [-0.2, -0.15) is 0 Å². The lowest BCUT2D eigenvalue weighted by Crippen LogP contribution is -2.34. The number of rotatable bonds is 2. The van der Waals surface area contributed by atoms with Crippen molar-refractivity contribution in [3.8, 4) is 0 Å². The first-order valence-electron chi connectivity index (χ1n) is 5.74. The fourth-order valence-corrected chi connectivity index (χ4v) is 2.88. The van der Waals surface area contributed by atoms with Crippen LogP contribution in [0, 0.1) is 5.92 Å². The van der Waals surface area contributed by atoms with Crippen molar-refractivity contribution in [2.75, 3.05) is 18.4 Å². The van der Waals surface area contributed by atoms with E-state index in [0.29, 0.717) is 20.8 Å². The molecule has 0 spiro atoms. The summed E-state index contributed by atoms with van der Waals surface area (Å²) >= 11 is 17.9. The molecule has 3 nitrogen and oxygen atoms in total. The third kappa shape index (κ3) is 3.29. The maximum atomic E-state index is 12.1. The standard InChI is InChI=1S/C12H13Cl3N2O/c13-8-5-9(14)11(10(15)6-8)17-12(18)7-1-3-16-4-2-7/h5-7,16H,1-4H2,(H,17,18). The Labute approximate surface area is 121 Å². The van der Waals surface area contributed by atoms with E-state index in [0.717, 1.165) is 25.9 Å². The van der Waals surface area contributed by atoms with Crippen LogP contribution in [0.5, 0.6) is 0 Å². The fraction of sp³-hybridized carbons (Fsp3) is 0.417. The van der Waals surface area contributed by atoms with Crippen LogP contribution in [0.3, 0.4) is 0 Å². The summed E-state index contributed by atoms with van der Waals surface area (Å²) in [5.41, 5.74) is 0.436. The van der Waals surface area contributed by atoms with E-state index in [9.17, 15) is 4.79 Å². The summed E-state index contributed by atoms with van der Waals surface area (Å²) in [6, 6.07) is 3.13. The number of halogens is 3. The second-order valence-electron chi connectivity index (χ2n) is 4.26. The van der Waals surface area contributed by atoms with Gasteiger partial charge in [-0.15, -0.1) is 0 Å². The van der Waals surface area contributed by atoms with Crippen molar-refractivity contribution < 1.29 is 4.79 Å². The van der Waals surface area contributed by atoms with Crippen molar-refractivity contribution in [2.45, 2.75) is 12.8 Å².